The Morgan fingerprint density at radius 2 is 1.72 bits per heavy atom. The van der Waals surface area contributed by atoms with E-state index >= 15 is 0 Å². The van der Waals surface area contributed by atoms with Gasteiger partial charge in [-0.1, -0.05) is 31.5 Å². The van der Waals surface area contributed by atoms with E-state index in [9.17, 15) is 0 Å². The molecule has 0 amide bonds. The van der Waals surface area contributed by atoms with Gasteiger partial charge < -0.3 is 5.32 Å². The van der Waals surface area contributed by atoms with Crippen LogP contribution in [0, 0.1) is 20.8 Å². The smallest absolute Gasteiger partial charge is 0.0198 e. The Labute approximate surface area is 117 Å². The van der Waals surface area contributed by atoms with Gasteiger partial charge in [-0.05, 0) is 56.2 Å². The number of aryl methyl sites for hydroxylation is 3. The van der Waals surface area contributed by atoms with Gasteiger partial charge in [0.2, 0.25) is 0 Å². The van der Waals surface area contributed by atoms with E-state index in [0.717, 1.165) is 13.0 Å². The SMILES string of the molecule is CCNC(CSCC)Cc1c(C)cc(C)cc1C. The summed E-state index contributed by atoms with van der Waals surface area (Å²) < 4.78 is 0. The predicted molar refractivity (Wildman–Crippen MR) is 84.8 cm³/mol. The summed E-state index contributed by atoms with van der Waals surface area (Å²) in [5.74, 6) is 2.41. The van der Waals surface area contributed by atoms with Crippen molar-refractivity contribution in [3.63, 3.8) is 0 Å². The highest BCUT2D eigenvalue weighted by Crippen LogP contribution is 2.19. The highest BCUT2D eigenvalue weighted by atomic mass is 32.2. The molecule has 1 aromatic rings. The molecule has 0 spiro atoms. The molecule has 0 aliphatic heterocycles. The van der Waals surface area contributed by atoms with Crippen LogP contribution in [0.15, 0.2) is 12.1 Å². The van der Waals surface area contributed by atoms with E-state index < -0.39 is 0 Å². The fourth-order valence-corrected chi connectivity index (χ4v) is 3.27. The number of benzene rings is 1. The molecule has 1 nitrogen and oxygen atoms in total. The van der Waals surface area contributed by atoms with Crippen LogP contribution in [0.5, 0.6) is 0 Å². The molecule has 0 saturated heterocycles. The van der Waals surface area contributed by atoms with Crippen molar-refractivity contribution < 1.29 is 0 Å². The predicted octanol–water partition coefficient (Wildman–Crippen LogP) is 3.89. The third kappa shape index (κ3) is 4.66. The Hall–Kier alpha value is -0.470. The van der Waals surface area contributed by atoms with Gasteiger partial charge in [0.25, 0.3) is 0 Å². The summed E-state index contributed by atoms with van der Waals surface area (Å²) in [5, 5.41) is 3.61. The van der Waals surface area contributed by atoms with Crippen molar-refractivity contribution in [2.45, 2.75) is 47.1 Å². The molecule has 1 unspecified atom stereocenters. The molecule has 0 heterocycles. The molecule has 2 heteroatoms. The molecule has 0 aliphatic rings. The van der Waals surface area contributed by atoms with Crippen molar-refractivity contribution in [1.82, 2.24) is 5.32 Å². The lowest BCUT2D eigenvalue weighted by Gasteiger charge is -2.20. The van der Waals surface area contributed by atoms with E-state index in [1.807, 2.05) is 11.8 Å². The van der Waals surface area contributed by atoms with Crippen LogP contribution in [0.3, 0.4) is 0 Å². The summed E-state index contributed by atoms with van der Waals surface area (Å²) in [5.41, 5.74) is 5.79. The second kappa shape index (κ2) is 7.85. The number of nitrogens with one attached hydrogen (secondary N) is 1. The van der Waals surface area contributed by atoms with Crippen LogP contribution in [-0.4, -0.2) is 24.1 Å². The zero-order chi connectivity index (χ0) is 13.5. The van der Waals surface area contributed by atoms with Gasteiger partial charge >= 0.3 is 0 Å². The van der Waals surface area contributed by atoms with E-state index in [0.29, 0.717) is 6.04 Å². The molecule has 0 aliphatic carbocycles. The Morgan fingerprint density at radius 1 is 1.11 bits per heavy atom. The molecule has 0 saturated carbocycles. The van der Waals surface area contributed by atoms with Gasteiger partial charge in [0, 0.05) is 11.8 Å². The van der Waals surface area contributed by atoms with Gasteiger partial charge in [0.05, 0.1) is 0 Å². The first-order chi connectivity index (χ1) is 8.58. The average Bonchev–Trinajstić information content (AvgIpc) is 2.30. The van der Waals surface area contributed by atoms with Crippen molar-refractivity contribution in [2.24, 2.45) is 0 Å². The Bertz CT molecular complexity index is 350. The average molecular weight is 265 g/mol. The number of thioether (sulfide) groups is 1. The molecule has 102 valence electrons. The van der Waals surface area contributed by atoms with Crippen LogP contribution >= 0.6 is 11.8 Å². The van der Waals surface area contributed by atoms with E-state index in [4.69, 9.17) is 0 Å². The minimum Gasteiger partial charge on any atom is -0.313 e. The zero-order valence-corrected chi connectivity index (χ0v) is 13.3. The van der Waals surface area contributed by atoms with E-state index in [1.165, 1.54) is 33.8 Å². The van der Waals surface area contributed by atoms with Gasteiger partial charge in [-0.3, -0.25) is 0 Å². The number of likely N-dealkylation sites (N-methyl/N-ethyl adjacent to an activating group) is 1. The topological polar surface area (TPSA) is 12.0 Å². The van der Waals surface area contributed by atoms with Crippen molar-refractivity contribution in [3.8, 4) is 0 Å². The highest BCUT2D eigenvalue weighted by molar-refractivity contribution is 7.99. The van der Waals surface area contributed by atoms with Gasteiger partial charge in [-0.25, -0.2) is 0 Å². The monoisotopic (exact) mass is 265 g/mol. The summed E-state index contributed by atoms with van der Waals surface area (Å²) in [7, 11) is 0. The van der Waals surface area contributed by atoms with Crippen molar-refractivity contribution >= 4 is 11.8 Å². The van der Waals surface area contributed by atoms with Gasteiger partial charge in [-0.15, -0.1) is 0 Å². The van der Waals surface area contributed by atoms with Crippen LogP contribution in [0.1, 0.15) is 36.1 Å². The van der Waals surface area contributed by atoms with Crippen molar-refractivity contribution in [3.05, 3.63) is 34.4 Å². The fourth-order valence-electron chi connectivity index (χ4n) is 2.52. The highest BCUT2D eigenvalue weighted by Gasteiger charge is 2.12. The second-order valence-electron chi connectivity index (χ2n) is 5.00. The zero-order valence-electron chi connectivity index (χ0n) is 12.5. The van der Waals surface area contributed by atoms with Crippen LogP contribution in [0.25, 0.3) is 0 Å². The maximum atomic E-state index is 3.61. The summed E-state index contributed by atoms with van der Waals surface area (Å²) >= 11 is 2.03. The van der Waals surface area contributed by atoms with Crippen molar-refractivity contribution in [2.75, 3.05) is 18.1 Å². The molecule has 1 N–H and O–H groups in total. The standard InChI is InChI=1S/C16H27NS/c1-6-17-15(11-18-7-2)10-16-13(4)8-12(3)9-14(16)5/h8-9,15,17H,6-7,10-11H2,1-5H3. The first kappa shape index (κ1) is 15.6. The Kier molecular flexibility index (Phi) is 6.80. The third-order valence-electron chi connectivity index (χ3n) is 3.31. The quantitative estimate of drug-likeness (QED) is 0.803. The normalized spacial score (nSPS) is 12.7. The van der Waals surface area contributed by atoms with E-state index in [2.05, 4.69) is 52.1 Å². The van der Waals surface area contributed by atoms with Crippen LogP contribution < -0.4 is 5.32 Å². The maximum absolute atomic E-state index is 3.61. The van der Waals surface area contributed by atoms with Gasteiger partial charge in [-0.2, -0.15) is 11.8 Å². The van der Waals surface area contributed by atoms with Crippen molar-refractivity contribution in [1.29, 1.82) is 0 Å². The lowest BCUT2D eigenvalue weighted by molar-refractivity contribution is 0.570. The number of rotatable bonds is 7. The van der Waals surface area contributed by atoms with E-state index in [1.54, 1.807) is 0 Å². The lowest BCUT2D eigenvalue weighted by atomic mass is 9.95. The summed E-state index contributed by atoms with van der Waals surface area (Å²) in [6, 6.07) is 5.21. The Balaban J connectivity index is 2.79. The molecule has 1 rings (SSSR count). The van der Waals surface area contributed by atoms with Crippen LogP contribution in [-0.2, 0) is 6.42 Å². The van der Waals surface area contributed by atoms with Gasteiger partial charge in [0.15, 0.2) is 0 Å². The maximum Gasteiger partial charge on any atom is 0.0198 e. The van der Waals surface area contributed by atoms with E-state index in [-0.39, 0.29) is 0 Å². The molecule has 0 aromatic heterocycles. The fraction of sp³-hybridized carbons (Fsp3) is 0.625. The first-order valence-electron chi connectivity index (χ1n) is 6.96. The summed E-state index contributed by atoms with van der Waals surface area (Å²) in [6.45, 7) is 12.1. The second-order valence-corrected chi connectivity index (χ2v) is 6.31. The number of hydrogen-bond donors (Lipinski definition) is 1. The molecular formula is C16H27NS. The molecule has 1 aromatic carbocycles. The molecule has 1 atom stereocenters. The molecule has 18 heavy (non-hydrogen) atoms. The summed E-state index contributed by atoms with van der Waals surface area (Å²) in [4.78, 5) is 0. The van der Waals surface area contributed by atoms with Crippen LogP contribution in [0.2, 0.25) is 0 Å². The minimum atomic E-state index is 0.597. The molecular weight excluding hydrogens is 238 g/mol. The molecule has 0 radical (unpaired) electrons. The van der Waals surface area contributed by atoms with Gasteiger partial charge in [0.1, 0.15) is 0 Å². The number of hydrogen-bond acceptors (Lipinski definition) is 2. The lowest BCUT2D eigenvalue weighted by Crippen LogP contribution is -2.33. The minimum absolute atomic E-state index is 0.597. The Morgan fingerprint density at radius 3 is 2.22 bits per heavy atom. The first-order valence-corrected chi connectivity index (χ1v) is 8.11. The largest absolute Gasteiger partial charge is 0.313 e. The summed E-state index contributed by atoms with van der Waals surface area (Å²) in [6.07, 6.45) is 1.15. The third-order valence-corrected chi connectivity index (χ3v) is 4.35. The molecule has 0 fully saturated rings. The molecule has 0 bridgehead atoms. The van der Waals surface area contributed by atoms with Crippen LogP contribution in [0.4, 0.5) is 0 Å².